The van der Waals surface area contributed by atoms with Gasteiger partial charge in [-0.3, -0.25) is 0 Å². The van der Waals surface area contributed by atoms with E-state index < -0.39 is 46.4 Å². The Morgan fingerprint density at radius 3 is 1.86 bits per heavy atom. The Bertz CT molecular complexity index is 1200. The lowest BCUT2D eigenvalue weighted by molar-refractivity contribution is 0.0723. The van der Waals surface area contributed by atoms with E-state index in [-0.39, 0.29) is 5.92 Å². The van der Waals surface area contributed by atoms with Crippen molar-refractivity contribution in [2.75, 3.05) is 0 Å². The van der Waals surface area contributed by atoms with E-state index in [0.717, 1.165) is 63.5 Å². The molecule has 0 saturated heterocycles. The highest BCUT2D eigenvalue weighted by Gasteiger charge is 2.27. The predicted octanol–water partition coefficient (Wildman–Crippen LogP) is 8.46. The van der Waals surface area contributed by atoms with Gasteiger partial charge in [-0.15, -0.1) is 0 Å². The van der Waals surface area contributed by atoms with Crippen LogP contribution in [0.3, 0.4) is 0 Å². The van der Waals surface area contributed by atoms with Crippen molar-refractivity contribution in [3.05, 3.63) is 99.9 Å². The summed E-state index contributed by atoms with van der Waals surface area (Å²) in [5.41, 5.74) is 2.17. The van der Waals surface area contributed by atoms with Gasteiger partial charge in [0.25, 0.3) is 0 Å². The van der Waals surface area contributed by atoms with Crippen LogP contribution in [0.15, 0.2) is 48.5 Å². The Morgan fingerprint density at radius 2 is 1.32 bits per heavy atom. The Balaban J connectivity index is 1.34. The molecule has 196 valence electrons. The van der Waals surface area contributed by atoms with Crippen LogP contribution in [0, 0.1) is 35.0 Å². The first kappa shape index (κ1) is 26.8. The Labute approximate surface area is 213 Å². The van der Waals surface area contributed by atoms with Gasteiger partial charge in [0, 0.05) is 12.1 Å². The highest BCUT2D eigenvalue weighted by molar-refractivity contribution is 5.91. The summed E-state index contributed by atoms with van der Waals surface area (Å²) in [5, 5.41) is 0. The zero-order chi connectivity index (χ0) is 26.5. The van der Waals surface area contributed by atoms with Crippen molar-refractivity contribution in [1.82, 2.24) is 0 Å². The number of hydrogen-bond acceptors (Lipinski definition) is 2. The molecule has 0 heterocycles. The maximum atomic E-state index is 14.8. The lowest BCUT2D eigenvalue weighted by Gasteiger charge is -2.29. The van der Waals surface area contributed by atoms with E-state index >= 15 is 0 Å². The quantitative estimate of drug-likeness (QED) is 0.130. The molecule has 1 saturated carbocycles. The van der Waals surface area contributed by atoms with Crippen molar-refractivity contribution in [1.29, 1.82) is 0 Å². The normalized spacial score (nSPS) is 17.6. The van der Waals surface area contributed by atoms with E-state index in [0.29, 0.717) is 23.6 Å². The molecule has 3 aromatic carbocycles. The van der Waals surface area contributed by atoms with Gasteiger partial charge in [0.2, 0.25) is 0 Å². The molecule has 4 rings (SSSR count). The number of aryl methyl sites for hydroxylation is 2. The number of esters is 1. The zero-order valence-corrected chi connectivity index (χ0v) is 20.6. The van der Waals surface area contributed by atoms with Crippen molar-refractivity contribution < 1.29 is 31.5 Å². The number of carbonyl (C=O) groups excluding carboxylic acids is 1. The topological polar surface area (TPSA) is 26.3 Å². The highest BCUT2D eigenvalue weighted by Crippen LogP contribution is 2.38. The van der Waals surface area contributed by atoms with Crippen LogP contribution in [0.1, 0.15) is 78.4 Å². The van der Waals surface area contributed by atoms with Gasteiger partial charge >= 0.3 is 5.97 Å². The number of hydrogen-bond donors (Lipinski definition) is 0. The number of halogens is 5. The maximum absolute atomic E-state index is 14.8. The number of carbonyl (C=O) groups is 1. The third-order valence-corrected chi connectivity index (χ3v) is 7.16. The van der Waals surface area contributed by atoms with E-state index in [2.05, 4.69) is 31.2 Å². The summed E-state index contributed by atoms with van der Waals surface area (Å²) in [5.74, 6) is -8.77. The van der Waals surface area contributed by atoms with Gasteiger partial charge in [0.05, 0.1) is 0 Å². The summed E-state index contributed by atoms with van der Waals surface area (Å²) >= 11 is 0. The lowest BCUT2D eigenvalue weighted by Crippen LogP contribution is -2.17. The van der Waals surface area contributed by atoms with Crippen LogP contribution in [-0.4, -0.2) is 5.97 Å². The van der Waals surface area contributed by atoms with Crippen molar-refractivity contribution in [2.45, 2.75) is 64.2 Å². The molecule has 7 heteroatoms. The summed E-state index contributed by atoms with van der Waals surface area (Å²) in [4.78, 5) is 12.3. The largest absolute Gasteiger partial charge is 0.423 e. The van der Waals surface area contributed by atoms with Gasteiger partial charge in [-0.25, -0.2) is 26.7 Å². The lowest BCUT2D eigenvalue weighted by atomic mass is 9.76. The minimum Gasteiger partial charge on any atom is -0.423 e. The number of rotatable bonds is 8. The van der Waals surface area contributed by atoms with Gasteiger partial charge in [0.15, 0.2) is 17.5 Å². The van der Waals surface area contributed by atoms with Gasteiger partial charge in [-0.05, 0) is 85.6 Å². The van der Waals surface area contributed by atoms with Crippen molar-refractivity contribution in [3.63, 3.8) is 0 Å². The Hall–Kier alpha value is -3.22. The molecule has 0 atom stereocenters. The molecule has 0 spiro atoms. The summed E-state index contributed by atoms with van der Waals surface area (Å²) in [6, 6.07) is 11.9. The van der Waals surface area contributed by atoms with Crippen molar-refractivity contribution in [2.24, 2.45) is 5.92 Å². The van der Waals surface area contributed by atoms with Gasteiger partial charge in [-0.1, -0.05) is 37.6 Å². The molecular weight excluding hydrogens is 487 g/mol. The number of ether oxygens (including phenoxy) is 1. The van der Waals surface area contributed by atoms with Crippen LogP contribution in [0.5, 0.6) is 5.75 Å². The van der Waals surface area contributed by atoms with E-state index in [1.807, 2.05) is 0 Å². The molecule has 0 bridgehead atoms. The van der Waals surface area contributed by atoms with E-state index in [1.165, 1.54) is 11.1 Å². The Kier molecular flexibility index (Phi) is 8.62. The summed E-state index contributed by atoms with van der Waals surface area (Å²) in [6.45, 7) is 2.16. The van der Waals surface area contributed by atoms with E-state index in [4.69, 9.17) is 4.74 Å². The van der Waals surface area contributed by atoms with Crippen molar-refractivity contribution >= 4 is 5.97 Å². The molecule has 0 aromatic heterocycles. The second-order valence-electron chi connectivity index (χ2n) is 9.77. The molecule has 0 radical (unpaired) electrons. The summed E-state index contributed by atoms with van der Waals surface area (Å²) in [6.07, 6.45) is 7.76. The van der Waals surface area contributed by atoms with Crippen LogP contribution in [-0.2, 0) is 12.8 Å². The predicted molar refractivity (Wildman–Crippen MR) is 131 cm³/mol. The molecule has 37 heavy (non-hydrogen) atoms. The molecule has 0 unspecified atom stereocenters. The van der Waals surface area contributed by atoms with E-state index in [9.17, 15) is 26.7 Å². The molecule has 0 aliphatic heterocycles. The summed E-state index contributed by atoms with van der Waals surface area (Å²) < 4.78 is 74.0. The second-order valence-corrected chi connectivity index (χ2v) is 9.77. The molecule has 1 aliphatic rings. The first-order chi connectivity index (χ1) is 17.7. The van der Waals surface area contributed by atoms with Gasteiger partial charge in [-0.2, -0.15) is 0 Å². The van der Waals surface area contributed by atoms with Crippen LogP contribution >= 0.6 is 0 Å². The van der Waals surface area contributed by atoms with Gasteiger partial charge < -0.3 is 4.74 Å². The second kappa shape index (κ2) is 11.9. The first-order valence-corrected chi connectivity index (χ1v) is 12.7. The average molecular weight is 517 g/mol. The molecule has 1 aliphatic carbocycles. The zero-order valence-electron chi connectivity index (χ0n) is 20.6. The SMILES string of the molecule is CCCc1ccc(CCC2CCC(c3cc(F)c(C(=O)Oc4cc(F)c(F)c(F)c4)c(F)c3)CC2)cc1. The fourth-order valence-electron chi connectivity index (χ4n) is 5.09. The van der Waals surface area contributed by atoms with Crippen LogP contribution in [0.25, 0.3) is 0 Å². The average Bonchev–Trinajstić information content (AvgIpc) is 2.87. The van der Waals surface area contributed by atoms with Gasteiger partial charge in [0.1, 0.15) is 22.9 Å². The molecule has 0 amide bonds. The van der Waals surface area contributed by atoms with Crippen LogP contribution in [0.4, 0.5) is 22.0 Å². The van der Waals surface area contributed by atoms with Crippen LogP contribution in [0.2, 0.25) is 0 Å². The number of benzene rings is 3. The minimum absolute atomic E-state index is 0.0288. The Morgan fingerprint density at radius 1 is 0.784 bits per heavy atom. The van der Waals surface area contributed by atoms with Crippen molar-refractivity contribution in [3.8, 4) is 5.75 Å². The third-order valence-electron chi connectivity index (χ3n) is 7.16. The highest BCUT2D eigenvalue weighted by atomic mass is 19.2. The molecule has 2 nitrogen and oxygen atoms in total. The third kappa shape index (κ3) is 6.56. The maximum Gasteiger partial charge on any atom is 0.349 e. The molecular formula is C30H29F5O2. The van der Waals surface area contributed by atoms with Crippen LogP contribution < -0.4 is 4.74 Å². The molecule has 1 fully saturated rings. The fourth-order valence-corrected chi connectivity index (χ4v) is 5.09. The fraction of sp³-hybridized carbons (Fsp3) is 0.367. The minimum atomic E-state index is -1.74. The molecule has 0 N–H and O–H groups in total. The summed E-state index contributed by atoms with van der Waals surface area (Å²) in [7, 11) is 0. The monoisotopic (exact) mass is 516 g/mol. The van der Waals surface area contributed by atoms with E-state index in [1.54, 1.807) is 0 Å². The molecule has 3 aromatic rings. The smallest absolute Gasteiger partial charge is 0.349 e. The standard InChI is InChI=1S/C30H29F5O2/c1-2-3-18-4-6-19(7-5-18)8-9-20-10-12-21(13-11-20)22-14-24(31)28(25(32)15-22)30(36)37-23-16-26(33)29(35)27(34)17-23/h4-7,14-17,20-21H,2-3,8-13H2,1H3. The first-order valence-electron chi connectivity index (χ1n) is 12.7.